The van der Waals surface area contributed by atoms with E-state index >= 15 is 0 Å². The molecule has 1 aliphatic rings. The van der Waals surface area contributed by atoms with Crippen molar-refractivity contribution in [2.75, 3.05) is 6.61 Å². The maximum absolute atomic E-state index is 5.64. The predicted octanol–water partition coefficient (Wildman–Crippen LogP) is 2.34. The normalized spacial score (nSPS) is 22.9. The van der Waals surface area contributed by atoms with Gasteiger partial charge in [-0.2, -0.15) is 0 Å². The number of hydrogen-bond acceptors (Lipinski definition) is 2. The Bertz CT molecular complexity index is 280. The van der Waals surface area contributed by atoms with Crippen molar-refractivity contribution in [2.24, 2.45) is 0 Å². The third-order valence-electron chi connectivity index (χ3n) is 2.99. The first-order chi connectivity index (χ1) is 7.36. The number of hydrogen-bond donors (Lipinski definition) is 1. The number of benzene rings is 1. The second-order valence-electron chi connectivity index (χ2n) is 4.21. The van der Waals surface area contributed by atoms with Crippen LogP contribution in [0.1, 0.15) is 25.3 Å². The van der Waals surface area contributed by atoms with Gasteiger partial charge in [-0.15, -0.1) is 0 Å². The van der Waals surface area contributed by atoms with Gasteiger partial charge in [-0.1, -0.05) is 30.3 Å². The van der Waals surface area contributed by atoms with E-state index in [2.05, 4.69) is 36.5 Å². The average Bonchev–Trinajstić information content (AvgIpc) is 2.81. The lowest BCUT2D eigenvalue weighted by Gasteiger charge is -2.19. The summed E-state index contributed by atoms with van der Waals surface area (Å²) in [7, 11) is 0. The SMILES string of the molecule is CC(NCc1ccccc1)C1CCCO1. The van der Waals surface area contributed by atoms with Crippen LogP contribution >= 0.6 is 0 Å². The summed E-state index contributed by atoms with van der Waals surface area (Å²) in [6, 6.07) is 11.0. The maximum atomic E-state index is 5.64. The van der Waals surface area contributed by atoms with Gasteiger partial charge in [-0.3, -0.25) is 0 Å². The van der Waals surface area contributed by atoms with Crippen molar-refractivity contribution in [1.82, 2.24) is 5.32 Å². The van der Waals surface area contributed by atoms with E-state index in [4.69, 9.17) is 4.74 Å². The highest BCUT2D eigenvalue weighted by atomic mass is 16.5. The van der Waals surface area contributed by atoms with Gasteiger partial charge in [-0.05, 0) is 25.3 Å². The maximum Gasteiger partial charge on any atom is 0.0726 e. The molecular formula is C13H19NO. The zero-order valence-electron chi connectivity index (χ0n) is 9.28. The smallest absolute Gasteiger partial charge is 0.0726 e. The van der Waals surface area contributed by atoms with Gasteiger partial charge in [0.15, 0.2) is 0 Å². The third kappa shape index (κ3) is 3.05. The topological polar surface area (TPSA) is 21.3 Å². The molecule has 2 atom stereocenters. The molecule has 2 rings (SSSR count). The van der Waals surface area contributed by atoms with E-state index in [1.54, 1.807) is 0 Å². The highest BCUT2D eigenvalue weighted by molar-refractivity contribution is 5.14. The van der Waals surface area contributed by atoms with Crippen molar-refractivity contribution in [1.29, 1.82) is 0 Å². The zero-order valence-corrected chi connectivity index (χ0v) is 9.28. The Morgan fingerprint density at radius 2 is 2.20 bits per heavy atom. The standard InChI is InChI=1S/C13H19NO/c1-11(13-8-5-9-15-13)14-10-12-6-3-2-4-7-12/h2-4,6-7,11,13-14H,5,8-10H2,1H3. The van der Waals surface area contributed by atoms with Gasteiger partial charge in [0.25, 0.3) is 0 Å². The Labute approximate surface area is 91.6 Å². The van der Waals surface area contributed by atoms with Crippen molar-refractivity contribution in [3.05, 3.63) is 35.9 Å². The summed E-state index contributed by atoms with van der Waals surface area (Å²) in [4.78, 5) is 0. The molecule has 1 N–H and O–H groups in total. The minimum Gasteiger partial charge on any atom is -0.377 e. The van der Waals surface area contributed by atoms with Crippen LogP contribution < -0.4 is 5.32 Å². The van der Waals surface area contributed by atoms with E-state index in [0.717, 1.165) is 13.2 Å². The minimum atomic E-state index is 0.411. The number of ether oxygens (including phenoxy) is 1. The van der Waals surface area contributed by atoms with Gasteiger partial charge >= 0.3 is 0 Å². The molecule has 1 aliphatic heterocycles. The average molecular weight is 205 g/mol. The Morgan fingerprint density at radius 1 is 1.40 bits per heavy atom. The predicted molar refractivity (Wildman–Crippen MR) is 61.7 cm³/mol. The van der Waals surface area contributed by atoms with Gasteiger partial charge in [0.2, 0.25) is 0 Å². The lowest BCUT2D eigenvalue weighted by atomic mass is 10.1. The highest BCUT2D eigenvalue weighted by Gasteiger charge is 2.21. The van der Waals surface area contributed by atoms with Crippen LogP contribution in [0, 0.1) is 0 Å². The minimum absolute atomic E-state index is 0.411. The van der Waals surface area contributed by atoms with Crippen molar-refractivity contribution in [2.45, 2.75) is 38.5 Å². The van der Waals surface area contributed by atoms with Gasteiger partial charge in [0.05, 0.1) is 6.10 Å². The molecule has 2 unspecified atom stereocenters. The van der Waals surface area contributed by atoms with Crippen LogP contribution in [0.15, 0.2) is 30.3 Å². The number of nitrogens with one attached hydrogen (secondary N) is 1. The van der Waals surface area contributed by atoms with Crippen LogP contribution in [0.3, 0.4) is 0 Å². The van der Waals surface area contributed by atoms with Crippen LogP contribution in [0.2, 0.25) is 0 Å². The first-order valence-corrected chi connectivity index (χ1v) is 5.75. The molecule has 2 nitrogen and oxygen atoms in total. The molecule has 0 amide bonds. The molecule has 82 valence electrons. The number of rotatable bonds is 4. The quantitative estimate of drug-likeness (QED) is 0.814. The van der Waals surface area contributed by atoms with Gasteiger partial charge in [-0.25, -0.2) is 0 Å². The van der Waals surface area contributed by atoms with Gasteiger partial charge in [0, 0.05) is 19.2 Å². The van der Waals surface area contributed by atoms with Crippen molar-refractivity contribution < 1.29 is 4.74 Å². The lowest BCUT2D eigenvalue weighted by Crippen LogP contribution is -2.36. The summed E-state index contributed by atoms with van der Waals surface area (Å²) in [5.74, 6) is 0. The van der Waals surface area contributed by atoms with Crippen LogP contribution in [-0.2, 0) is 11.3 Å². The van der Waals surface area contributed by atoms with E-state index in [1.807, 2.05) is 6.07 Å². The van der Waals surface area contributed by atoms with E-state index in [1.165, 1.54) is 18.4 Å². The fraction of sp³-hybridized carbons (Fsp3) is 0.538. The Morgan fingerprint density at radius 3 is 2.87 bits per heavy atom. The van der Waals surface area contributed by atoms with Crippen molar-refractivity contribution in [3.8, 4) is 0 Å². The molecule has 0 bridgehead atoms. The van der Waals surface area contributed by atoms with Gasteiger partial charge < -0.3 is 10.1 Å². The summed E-state index contributed by atoms with van der Waals surface area (Å²) >= 11 is 0. The van der Waals surface area contributed by atoms with Gasteiger partial charge in [0.1, 0.15) is 0 Å². The summed E-state index contributed by atoms with van der Waals surface area (Å²) < 4.78 is 5.64. The van der Waals surface area contributed by atoms with Crippen LogP contribution in [0.4, 0.5) is 0 Å². The second kappa shape index (κ2) is 5.29. The van der Waals surface area contributed by atoms with E-state index < -0.39 is 0 Å². The first-order valence-electron chi connectivity index (χ1n) is 5.75. The van der Waals surface area contributed by atoms with E-state index in [9.17, 15) is 0 Å². The highest BCUT2D eigenvalue weighted by Crippen LogP contribution is 2.15. The molecule has 1 saturated heterocycles. The molecule has 0 aliphatic carbocycles. The summed E-state index contributed by atoms with van der Waals surface area (Å²) in [6.07, 6.45) is 2.82. The molecule has 0 saturated carbocycles. The Kier molecular flexibility index (Phi) is 3.75. The summed E-state index contributed by atoms with van der Waals surface area (Å²) in [5, 5.41) is 3.52. The molecule has 1 aromatic carbocycles. The zero-order chi connectivity index (χ0) is 10.5. The first kappa shape index (κ1) is 10.7. The van der Waals surface area contributed by atoms with Crippen molar-refractivity contribution >= 4 is 0 Å². The van der Waals surface area contributed by atoms with Crippen LogP contribution in [-0.4, -0.2) is 18.8 Å². The third-order valence-corrected chi connectivity index (χ3v) is 2.99. The van der Waals surface area contributed by atoms with Crippen LogP contribution in [0.5, 0.6) is 0 Å². The second-order valence-corrected chi connectivity index (χ2v) is 4.21. The molecule has 0 aromatic heterocycles. The molecule has 0 spiro atoms. The Balaban J connectivity index is 1.77. The molecule has 2 heteroatoms. The molecule has 1 heterocycles. The molecule has 1 fully saturated rings. The Hall–Kier alpha value is -0.860. The monoisotopic (exact) mass is 205 g/mol. The molecule has 15 heavy (non-hydrogen) atoms. The summed E-state index contributed by atoms with van der Waals surface area (Å²) in [5.41, 5.74) is 1.34. The summed E-state index contributed by atoms with van der Waals surface area (Å²) in [6.45, 7) is 4.07. The molecule has 0 radical (unpaired) electrons. The fourth-order valence-electron chi connectivity index (χ4n) is 2.00. The largest absolute Gasteiger partial charge is 0.377 e. The lowest BCUT2D eigenvalue weighted by molar-refractivity contribution is 0.0832. The fourth-order valence-corrected chi connectivity index (χ4v) is 2.00. The molecule has 1 aromatic rings. The van der Waals surface area contributed by atoms with Crippen LogP contribution in [0.25, 0.3) is 0 Å². The van der Waals surface area contributed by atoms with E-state index in [-0.39, 0.29) is 0 Å². The van der Waals surface area contributed by atoms with E-state index in [0.29, 0.717) is 12.1 Å². The van der Waals surface area contributed by atoms with Crippen molar-refractivity contribution in [3.63, 3.8) is 0 Å². The molecular weight excluding hydrogens is 186 g/mol.